The molecule has 4 rings (SSSR count). The molecule has 1 aromatic carbocycles. The number of furan rings is 1. The van der Waals surface area contributed by atoms with Gasteiger partial charge in [-0.05, 0) is 39.8 Å². The number of aromatic nitrogens is 3. The summed E-state index contributed by atoms with van der Waals surface area (Å²) < 4.78 is 18.2. The largest absolute Gasteiger partial charge is 0.495 e. The molecule has 0 aliphatic heterocycles. The first-order valence-corrected chi connectivity index (χ1v) is 10.8. The summed E-state index contributed by atoms with van der Waals surface area (Å²) in [5.74, 6) is 1.99. The molecule has 4 aromatic rings. The molecule has 1 amide bonds. The number of amides is 1. The normalized spacial score (nSPS) is 11.3. The summed E-state index contributed by atoms with van der Waals surface area (Å²) in [5, 5.41) is 8.41. The van der Waals surface area contributed by atoms with Crippen LogP contribution in [0.15, 0.2) is 34.9 Å². The zero-order valence-electron chi connectivity index (χ0n) is 19.3. The molecule has 0 radical (unpaired) electrons. The van der Waals surface area contributed by atoms with Crippen LogP contribution in [0.4, 0.5) is 5.69 Å². The van der Waals surface area contributed by atoms with E-state index in [9.17, 15) is 4.79 Å². The van der Waals surface area contributed by atoms with E-state index in [2.05, 4.69) is 10.4 Å². The quantitative estimate of drug-likeness (QED) is 0.384. The van der Waals surface area contributed by atoms with Gasteiger partial charge in [0.2, 0.25) is 0 Å². The number of hydrogen-bond donors (Lipinski definition) is 1. The number of ether oxygens (including phenoxy) is 2. The summed E-state index contributed by atoms with van der Waals surface area (Å²) in [6, 6.07) is 6.95. The molecule has 0 atom stereocenters. The molecule has 0 spiro atoms. The van der Waals surface area contributed by atoms with Crippen molar-refractivity contribution in [2.24, 2.45) is 0 Å². The van der Waals surface area contributed by atoms with E-state index >= 15 is 0 Å². The maximum Gasteiger partial charge on any atom is 0.256 e. The summed E-state index contributed by atoms with van der Waals surface area (Å²) in [5.41, 5.74) is 2.93. The molecular weight excluding hydrogens is 444 g/mol. The maximum absolute atomic E-state index is 13.5. The molecule has 172 valence electrons. The molecule has 3 heterocycles. The third-order valence-corrected chi connectivity index (χ3v) is 5.63. The number of methoxy groups -OCH3 is 2. The van der Waals surface area contributed by atoms with Crippen molar-refractivity contribution in [1.29, 1.82) is 0 Å². The average Bonchev–Trinajstić information content (AvgIpc) is 3.36. The number of nitrogens with zero attached hydrogens (tertiary/aromatic N) is 3. The number of rotatable bonds is 6. The van der Waals surface area contributed by atoms with E-state index < -0.39 is 0 Å². The zero-order valence-corrected chi connectivity index (χ0v) is 20.1. The van der Waals surface area contributed by atoms with Gasteiger partial charge in [0.25, 0.3) is 5.91 Å². The van der Waals surface area contributed by atoms with Gasteiger partial charge in [-0.3, -0.25) is 4.79 Å². The van der Waals surface area contributed by atoms with Gasteiger partial charge in [-0.2, -0.15) is 5.10 Å². The number of nitrogens with one attached hydrogen (secondary N) is 1. The molecule has 0 saturated heterocycles. The predicted octanol–water partition coefficient (Wildman–Crippen LogP) is 5.81. The molecule has 3 aromatic heterocycles. The van der Waals surface area contributed by atoms with Crippen LogP contribution < -0.4 is 14.8 Å². The van der Waals surface area contributed by atoms with E-state index in [1.54, 1.807) is 29.1 Å². The van der Waals surface area contributed by atoms with Gasteiger partial charge in [0.15, 0.2) is 5.65 Å². The Morgan fingerprint density at radius 2 is 1.85 bits per heavy atom. The molecule has 0 saturated carbocycles. The van der Waals surface area contributed by atoms with Crippen LogP contribution in [0.3, 0.4) is 0 Å². The Bertz CT molecular complexity index is 1360. The Hall–Kier alpha value is -3.52. The highest BCUT2D eigenvalue weighted by Crippen LogP contribution is 2.37. The van der Waals surface area contributed by atoms with Crippen molar-refractivity contribution >= 4 is 34.2 Å². The summed E-state index contributed by atoms with van der Waals surface area (Å²) in [6.07, 6.45) is 1.66. The second-order valence-electron chi connectivity index (χ2n) is 7.94. The van der Waals surface area contributed by atoms with E-state index in [-0.39, 0.29) is 11.9 Å². The third kappa shape index (κ3) is 4.14. The van der Waals surface area contributed by atoms with Gasteiger partial charge in [-0.25, -0.2) is 9.67 Å². The van der Waals surface area contributed by atoms with Crippen LogP contribution in [-0.2, 0) is 0 Å². The predicted molar refractivity (Wildman–Crippen MR) is 128 cm³/mol. The van der Waals surface area contributed by atoms with Gasteiger partial charge in [-0.15, -0.1) is 0 Å². The van der Waals surface area contributed by atoms with Crippen molar-refractivity contribution < 1.29 is 18.7 Å². The van der Waals surface area contributed by atoms with Crippen LogP contribution in [0, 0.1) is 13.8 Å². The van der Waals surface area contributed by atoms with Gasteiger partial charge < -0.3 is 19.2 Å². The van der Waals surface area contributed by atoms with Crippen LogP contribution in [0.1, 0.15) is 41.8 Å². The lowest BCUT2D eigenvalue weighted by atomic mass is 10.1. The third-order valence-electron chi connectivity index (χ3n) is 5.34. The molecular formula is C24H25ClN4O4. The molecule has 0 fully saturated rings. The minimum atomic E-state index is -0.340. The first kappa shape index (κ1) is 22.7. The van der Waals surface area contributed by atoms with Gasteiger partial charge in [0.05, 0.1) is 47.8 Å². The molecule has 0 unspecified atom stereocenters. The molecule has 33 heavy (non-hydrogen) atoms. The molecule has 0 aliphatic rings. The van der Waals surface area contributed by atoms with Crippen LogP contribution in [0.2, 0.25) is 5.02 Å². The van der Waals surface area contributed by atoms with Gasteiger partial charge in [0.1, 0.15) is 23.0 Å². The number of carbonyl (C=O) groups excluding carboxylic acids is 1. The monoisotopic (exact) mass is 468 g/mol. The number of aryl methyl sites for hydroxylation is 2. The van der Waals surface area contributed by atoms with Crippen molar-refractivity contribution in [3.63, 3.8) is 0 Å². The Kier molecular flexibility index (Phi) is 6.03. The summed E-state index contributed by atoms with van der Waals surface area (Å²) in [6.45, 7) is 7.77. The number of carbonyl (C=O) groups is 1. The molecule has 1 N–H and O–H groups in total. The Labute approximate surface area is 196 Å². The lowest BCUT2D eigenvalue weighted by Crippen LogP contribution is -2.14. The maximum atomic E-state index is 13.5. The van der Waals surface area contributed by atoms with E-state index in [0.717, 1.165) is 17.1 Å². The highest BCUT2D eigenvalue weighted by Gasteiger charge is 2.22. The van der Waals surface area contributed by atoms with Crippen molar-refractivity contribution in [2.75, 3.05) is 19.5 Å². The van der Waals surface area contributed by atoms with Gasteiger partial charge in [0, 0.05) is 23.7 Å². The highest BCUT2D eigenvalue weighted by molar-refractivity contribution is 6.32. The van der Waals surface area contributed by atoms with Crippen molar-refractivity contribution in [3.05, 3.63) is 52.6 Å². The van der Waals surface area contributed by atoms with Crippen LogP contribution in [0.5, 0.6) is 11.5 Å². The fourth-order valence-electron chi connectivity index (χ4n) is 3.75. The zero-order chi connectivity index (χ0) is 23.9. The van der Waals surface area contributed by atoms with Crippen molar-refractivity contribution in [1.82, 2.24) is 14.8 Å². The van der Waals surface area contributed by atoms with E-state index in [4.69, 9.17) is 30.5 Å². The first-order chi connectivity index (χ1) is 15.7. The highest BCUT2D eigenvalue weighted by atomic mass is 35.5. The van der Waals surface area contributed by atoms with Crippen LogP contribution in [-0.4, -0.2) is 34.9 Å². The minimum Gasteiger partial charge on any atom is -0.495 e. The standard InChI is InChI=1S/C24H25ClN4O4/c1-12(2)29-23-17(11-26-29)16(8-19(27-23)15-7-13(3)33-14(15)4)24(30)28-20-10-21(31-5)18(25)9-22(20)32-6/h7-12H,1-6H3,(H,28,30). The molecule has 0 bridgehead atoms. The van der Waals surface area contributed by atoms with Gasteiger partial charge >= 0.3 is 0 Å². The molecule has 9 heteroatoms. The summed E-state index contributed by atoms with van der Waals surface area (Å²) >= 11 is 6.20. The lowest BCUT2D eigenvalue weighted by Gasteiger charge is -2.14. The van der Waals surface area contributed by atoms with Crippen LogP contribution in [0.25, 0.3) is 22.3 Å². The number of benzene rings is 1. The topological polar surface area (TPSA) is 91.4 Å². The SMILES string of the molecule is COc1cc(NC(=O)c2cc(-c3cc(C)oc3C)nc3c2cnn3C(C)C)c(OC)cc1Cl. The van der Waals surface area contributed by atoms with E-state index in [1.807, 2.05) is 33.8 Å². The lowest BCUT2D eigenvalue weighted by molar-refractivity contribution is 0.102. The van der Waals surface area contributed by atoms with E-state index in [0.29, 0.717) is 44.5 Å². The Morgan fingerprint density at radius 3 is 2.45 bits per heavy atom. The number of anilines is 1. The first-order valence-electron chi connectivity index (χ1n) is 10.4. The minimum absolute atomic E-state index is 0.0639. The second kappa shape index (κ2) is 8.78. The van der Waals surface area contributed by atoms with Crippen LogP contribution >= 0.6 is 11.6 Å². The summed E-state index contributed by atoms with van der Waals surface area (Å²) in [4.78, 5) is 18.3. The van der Waals surface area contributed by atoms with Crippen molar-refractivity contribution in [3.8, 4) is 22.8 Å². The second-order valence-corrected chi connectivity index (χ2v) is 8.35. The average molecular weight is 469 g/mol. The fourth-order valence-corrected chi connectivity index (χ4v) is 3.99. The Balaban J connectivity index is 1.86. The summed E-state index contributed by atoms with van der Waals surface area (Å²) in [7, 11) is 3.01. The van der Waals surface area contributed by atoms with E-state index in [1.165, 1.54) is 14.2 Å². The smallest absolute Gasteiger partial charge is 0.256 e. The van der Waals surface area contributed by atoms with Gasteiger partial charge in [-0.1, -0.05) is 11.6 Å². The number of pyridine rings is 1. The fraction of sp³-hybridized carbons (Fsp3) is 0.292. The number of halogens is 1. The van der Waals surface area contributed by atoms with Crippen molar-refractivity contribution in [2.45, 2.75) is 33.7 Å². The number of hydrogen-bond acceptors (Lipinski definition) is 6. The number of fused-ring (bicyclic) bond motifs is 1. The molecule has 0 aliphatic carbocycles. The Morgan fingerprint density at radius 1 is 1.12 bits per heavy atom. The molecule has 8 nitrogen and oxygen atoms in total.